The molecule has 0 unspecified atom stereocenters. The molecule has 1 aliphatic rings. The number of hydrogen-bond acceptors (Lipinski definition) is 2. The summed E-state index contributed by atoms with van der Waals surface area (Å²) in [6, 6.07) is 15.8. The molecule has 3 rings (SSSR count). The zero-order valence-corrected chi connectivity index (χ0v) is 16.9. The Labute approximate surface area is 167 Å². The molecule has 0 atom stereocenters. The molecule has 0 aromatic heterocycles. The molecule has 1 fully saturated rings. The highest BCUT2D eigenvalue weighted by Crippen LogP contribution is 2.14. The van der Waals surface area contributed by atoms with Crippen molar-refractivity contribution in [3.63, 3.8) is 0 Å². The Morgan fingerprint density at radius 3 is 2.39 bits per heavy atom. The molecule has 150 valence electrons. The van der Waals surface area contributed by atoms with Crippen LogP contribution in [0.5, 0.6) is 0 Å². The third kappa shape index (κ3) is 5.80. The van der Waals surface area contributed by atoms with Gasteiger partial charge in [-0.05, 0) is 48.1 Å². The second-order valence-electron chi connectivity index (χ2n) is 7.37. The van der Waals surface area contributed by atoms with Gasteiger partial charge in [0.25, 0.3) is 0 Å². The molecule has 0 spiro atoms. The van der Waals surface area contributed by atoms with Crippen LogP contribution in [-0.2, 0) is 19.5 Å². The van der Waals surface area contributed by atoms with Crippen LogP contribution in [0.25, 0.3) is 0 Å². The Balaban J connectivity index is 1.44. The number of rotatable bonds is 6. The van der Waals surface area contributed by atoms with E-state index >= 15 is 0 Å². The average Bonchev–Trinajstić information content (AvgIpc) is 2.74. The first-order valence-corrected chi connectivity index (χ1v) is 10.2. The molecular weight excluding hydrogens is 351 g/mol. The van der Waals surface area contributed by atoms with E-state index in [1.165, 1.54) is 28.8 Å². The molecule has 2 N–H and O–H groups in total. The Morgan fingerprint density at radius 1 is 1.07 bits per heavy atom. The van der Waals surface area contributed by atoms with Crippen LogP contribution in [0, 0.1) is 5.82 Å². The van der Waals surface area contributed by atoms with Crippen LogP contribution in [0.4, 0.5) is 4.39 Å². The third-order valence-electron chi connectivity index (χ3n) is 5.42. The van der Waals surface area contributed by atoms with Crippen LogP contribution in [0.15, 0.2) is 53.5 Å². The number of halogens is 1. The standard InChI is InChI=1S/C23H31FN4/c1-3-19-6-4-5-7-20(19)16-26-23(25-2)27-22-12-14-28(15-13-22)17-18-8-10-21(24)11-9-18/h4-11,22H,3,12-17H2,1-2H3,(H2,25,26,27). The van der Waals surface area contributed by atoms with Gasteiger partial charge in [-0.15, -0.1) is 0 Å². The molecule has 2 aromatic carbocycles. The highest BCUT2D eigenvalue weighted by molar-refractivity contribution is 5.80. The SMILES string of the molecule is CCc1ccccc1CNC(=NC)NC1CCN(Cc2ccc(F)cc2)CC1. The molecule has 0 aliphatic carbocycles. The van der Waals surface area contributed by atoms with Gasteiger partial charge in [-0.25, -0.2) is 4.39 Å². The van der Waals surface area contributed by atoms with Crippen molar-refractivity contribution in [3.8, 4) is 0 Å². The van der Waals surface area contributed by atoms with Crippen LogP contribution < -0.4 is 10.6 Å². The first-order chi connectivity index (χ1) is 13.7. The molecule has 2 aromatic rings. The van der Waals surface area contributed by atoms with Crippen LogP contribution in [0.3, 0.4) is 0 Å². The Kier molecular flexibility index (Phi) is 7.43. The van der Waals surface area contributed by atoms with Crippen molar-refractivity contribution < 1.29 is 4.39 Å². The van der Waals surface area contributed by atoms with Crippen LogP contribution in [-0.4, -0.2) is 37.0 Å². The number of aliphatic imine (C=N–C) groups is 1. The van der Waals surface area contributed by atoms with Gasteiger partial charge in [0.15, 0.2) is 5.96 Å². The maximum absolute atomic E-state index is 13.0. The lowest BCUT2D eigenvalue weighted by Gasteiger charge is -2.33. The van der Waals surface area contributed by atoms with E-state index in [2.05, 4.69) is 51.7 Å². The number of nitrogens with zero attached hydrogens (tertiary/aromatic N) is 2. The van der Waals surface area contributed by atoms with E-state index in [0.29, 0.717) is 6.04 Å². The normalized spacial score (nSPS) is 16.2. The maximum Gasteiger partial charge on any atom is 0.191 e. The average molecular weight is 383 g/mol. The van der Waals surface area contributed by atoms with E-state index in [0.717, 1.165) is 51.4 Å². The van der Waals surface area contributed by atoms with Gasteiger partial charge >= 0.3 is 0 Å². The van der Waals surface area contributed by atoms with Gasteiger partial charge < -0.3 is 10.6 Å². The summed E-state index contributed by atoms with van der Waals surface area (Å²) in [5, 5.41) is 7.02. The predicted molar refractivity (Wildman–Crippen MR) is 114 cm³/mol. The van der Waals surface area contributed by atoms with Gasteiger partial charge in [-0.1, -0.05) is 43.3 Å². The quantitative estimate of drug-likeness (QED) is 0.591. The van der Waals surface area contributed by atoms with E-state index < -0.39 is 0 Å². The summed E-state index contributed by atoms with van der Waals surface area (Å²) in [6.45, 7) is 5.92. The molecule has 28 heavy (non-hydrogen) atoms. The summed E-state index contributed by atoms with van der Waals surface area (Å²) < 4.78 is 13.0. The predicted octanol–water partition coefficient (Wildman–Crippen LogP) is 3.72. The van der Waals surface area contributed by atoms with Gasteiger partial charge in [0.2, 0.25) is 0 Å². The van der Waals surface area contributed by atoms with Crippen molar-refractivity contribution in [2.24, 2.45) is 4.99 Å². The van der Waals surface area contributed by atoms with E-state index in [-0.39, 0.29) is 5.82 Å². The van der Waals surface area contributed by atoms with E-state index in [4.69, 9.17) is 0 Å². The van der Waals surface area contributed by atoms with Crippen LogP contribution in [0.2, 0.25) is 0 Å². The Morgan fingerprint density at radius 2 is 1.75 bits per heavy atom. The highest BCUT2D eigenvalue weighted by Gasteiger charge is 2.20. The number of likely N-dealkylation sites (tertiary alicyclic amines) is 1. The minimum atomic E-state index is -0.174. The fraction of sp³-hybridized carbons (Fsp3) is 0.435. The molecule has 0 amide bonds. The van der Waals surface area contributed by atoms with Gasteiger partial charge in [0.1, 0.15) is 5.82 Å². The zero-order chi connectivity index (χ0) is 19.8. The summed E-state index contributed by atoms with van der Waals surface area (Å²) in [7, 11) is 1.82. The first-order valence-electron chi connectivity index (χ1n) is 10.2. The smallest absolute Gasteiger partial charge is 0.191 e. The van der Waals surface area contributed by atoms with E-state index in [1.807, 2.05) is 19.2 Å². The fourth-order valence-electron chi connectivity index (χ4n) is 3.73. The molecule has 0 saturated carbocycles. The zero-order valence-electron chi connectivity index (χ0n) is 16.9. The first kappa shape index (κ1) is 20.3. The number of hydrogen-bond donors (Lipinski definition) is 2. The summed E-state index contributed by atoms with van der Waals surface area (Å²) in [5.41, 5.74) is 3.86. The molecule has 1 heterocycles. The fourth-order valence-corrected chi connectivity index (χ4v) is 3.73. The topological polar surface area (TPSA) is 39.7 Å². The molecular formula is C23H31FN4. The largest absolute Gasteiger partial charge is 0.354 e. The van der Waals surface area contributed by atoms with Crippen molar-refractivity contribution in [2.45, 2.75) is 45.3 Å². The van der Waals surface area contributed by atoms with Crippen molar-refractivity contribution >= 4 is 5.96 Å². The lowest BCUT2D eigenvalue weighted by Crippen LogP contribution is -2.48. The minimum absolute atomic E-state index is 0.174. The highest BCUT2D eigenvalue weighted by atomic mass is 19.1. The van der Waals surface area contributed by atoms with Crippen LogP contribution >= 0.6 is 0 Å². The minimum Gasteiger partial charge on any atom is -0.354 e. The van der Waals surface area contributed by atoms with Crippen molar-refractivity contribution in [1.29, 1.82) is 0 Å². The van der Waals surface area contributed by atoms with E-state index in [9.17, 15) is 4.39 Å². The van der Waals surface area contributed by atoms with Gasteiger partial charge in [-0.2, -0.15) is 0 Å². The molecule has 0 bridgehead atoms. The number of guanidine groups is 1. The Hall–Kier alpha value is -2.40. The van der Waals surface area contributed by atoms with Gasteiger partial charge in [-0.3, -0.25) is 9.89 Å². The molecule has 1 saturated heterocycles. The Bertz CT molecular complexity index is 764. The lowest BCUT2D eigenvalue weighted by atomic mass is 10.0. The molecule has 5 heteroatoms. The lowest BCUT2D eigenvalue weighted by molar-refractivity contribution is 0.198. The number of benzene rings is 2. The summed E-state index contributed by atoms with van der Waals surface area (Å²) in [5.74, 6) is 0.690. The monoisotopic (exact) mass is 382 g/mol. The number of nitrogens with one attached hydrogen (secondary N) is 2. The second kappa shape index (κ2) is 10.2. The summed E-state index contributed by atoms with van der Waals surface area (Å²) >= 11 is 0. The van der Waals surface area contributed by atoms with Crippen molar-refractivity contribution in [2.75, 3.05) is 20.1 Å². The second-order valence-corrected chi connectivity index (χ2v) is 7.37. The molecule has 4 nitrogen and oxygen atoms in total. The van der Waals surface area contributed by atoms with Crippen LogP contribution in [0.1, 0.15) is 36.5 Å². The molecule has 0 radical (unpaired) electrons. The number of piperidine rings is 1. The number of aryl methyl sites for hydroxylation is 1. The van der Waals surface area contributed by atoms with Crippen molar-refractivity contribution in [1.82, 2.24) is 15.5 Å². The summed E-state index contributed by atoms with van der Waals surface area (Å²) in [4.78, 5) is 6.82. The maximum atomic E-state index is 13.0. The van der Waals surface area contributed by atoms with E-state index in [1.54, 1.807) is 0 Å². The van der Waals surface area contributed by atoms with Gasteiger partial charge in [0, 0.05) is 39.3 Å². The molecule has 1 aliphatic heterocycles. The van der Waals surface area contributed by atoms with Crippen molar-refractivity contribution in [3.05, 3.63) is 71.0 Å². The third-order valence-corrected chi connectivity index (χ3v) is 5.42. The van der Waals surface area contributed by atoms with Gasteiger partial charge in [0.05, 0.1) is 0 Å². The summed E-state index contributed by atoms with van der Waals surface area (Å²) in [6.07, 6.45) is 3.19.